The van der Waals surface area contributed by atoms with Crippen molar-refractivity contribution in [3.05, 3.63) is 35.1 Å². The molecule has 1 saturated heterocycles. The van der Waals surface area contributed by atoms with Crippen LogP contribution in [0.1, 0.15) is 22.8 Å². The second-order valence-electron chi connectivity index (χ2n) is 4.69. The lowest BCUT2D eigenvalue weighted by molar-refractivity contribution is 0.0999. The summed E-state index contributed by atoms with van der Waals surface area (Å²) in [6.07, 6.45) is 0. The van der Waals surface area contributed by atoms with Crippen LogP contribution in [0.15, 0.2) is 18.2 Å². The van der Waals surface area contributed by atoms with Gasteiger partial charge >= 0.3 is 0 Å². The third-order valence-corrected chi connectivity index (χ3v) is 3.35. The summed E-state index contributed by atoms with van der Waals surface area (Å²) in [5.74, 6) is -0.965. The van der Waals surface area contributed by atoms with E-state index in [1.165, 1.54) is 6.07 Å². The number of piperazine rings is 1. The summed E-state index contributed by atoms with van der Waals surface area (Å²) < 4.78 is 13.8. The first-order valence-corrected chi connectivity index (χ1v) is 6.11. The van der Waals surface area contributed by atoms with Crippen LogP contribution in [0.3, 0.4) is 0 Å². The van der Waals surface area contributed by atoms with E-state index in [-0.39, 0.29) is 11.4 Å². The lowest BCUT2D eigenvalue weighted by Gasteiger charge is -2.33. The molecule has 98 valence electrons. The zero-order valence-electron chi connectivity index (χ0n) is 10.4. The molecule has 5 heteroatoms. The Bertz CT molecular complexity index is 450. The van der Waals surface area contributed by atoms with Gasteiger partial charge in [-0.05, 0) is 19.1 Å². The maximum atomic E-state index is 13.8. The van der Waals surface area contributed by atoms with Gasteiger partial charge in [0.05, 0.1) is 0 Å². The third kappa shape index (κ3) is 2.86. The minimum absolute atomic E-state index is 0.213. The highest BCUT2D eigenvalue weighted by atomic mass is 19.1. The number of halogens is 1. The highest BCUT2D eigenvalue weighted by Crippen LogP contribution is 2.15. The Kier molecular flexibility index (Phi) is 3.93. The highest BCUT2D eigenvalue weighted by molar-refractivity contribution is 5.92. The molecule has 18 heavy (non-hydrogen) atoms. The van der Waals surface area contributed by atoms with E-state index in [2.05, 4.69) is 17.1 Å². The maximum Gasteiger partial charge on any atom is 0.248 e. The van der Waals surface area contributed by atoms with Gasteiger partial charge in [-0.25, -0.2) is 4.39 Å². The quantitative estimate of drug-likeness (QED) is 0.832. The number of nitrogens with two attached hydrogens (primary N) is 1. The first kappa shape index (κ1) is 13.0. The predicted octanol–water partition coefficient (Wildman–Crippen LogP) is 0.718. The Morgan fingerprint density at radius 2 is 2.39 bits per heavy atom. The monoisotopic (exact) mass is 251 g/mol. The first-order chi connectivity index (χ1) is 8.58. The van der Waals surface area contributed by atoms with Gasteiger partial charge in [0.2, 0.25) is 5.91 Å². The van der Waals surface area contributed by atoms with Crippen molar-refractivity contribution in [1.82, 2.24) is 10.2 Å². The summed E-state index contributed by atoms with van der Waals surface area (Å²) >= 11 is 0. The van der Waals surface area contributed by atoms with Gasteiger partial charge in [-0.2, -0.15) is 0 Å². The Hall–Kier alpha value is -1.46. The van der Waals surface area contributed by atoms with Crippen LogP contribution in [0.25, 0.3) is 0 Å². The number of primary amides is 1. The molecule has 0 radical (unpaired) electrons. The molecule has 1 heterocycles. The van der Waals surface area contributed by atoms with Crippen molar-refractivity contribution in [3.8, 4) is 0 Å². The van der Waals surface area contributed by atoms with Crippen LogP contribution in [0.2, 0.25) is 0 Å². The summed E-state index contributed by atoms with van der Waals surface area (Å²) in [5, 5.41) is 3.29. The van der Waals surface area contributed by atoms with Crippen LogP contribution in [-0.4, -0.2) is 36.5 Å². The van der Waals surface area contributed by atoms with Gasteiger partial charge in [0.1, 0.15) is 5.82 Å². The summed E-state index contributed by atoms with van der Waals surface area (Å²) in [5.41, 5.74) is 5.93. The zero-order chi connectivity index (χ0) is 13.1. The molecule has 2 rings (SSSR count). The summed E-state index contributed by atoms with van der Waals surface area (Å²) in [4.78, 5) is 13.2. The van der Waals surface area contributed by atoms with Crippen molar-refractivity contribution in [3.63, 3.8) is 0 Å². The molecule has 1 amide bonds. The predicted molar refractivity (Wildman–Crippen MR) is 67.7 cm³/mol. The van der Waals surface area contributed by atoms with Crippen molar-refractivity contribution in [2.75, 3.05) is 19.6 Å². The Morgan fingerprint density at radius 1 is 1.61 bits per heavy atom. The molecule has 1 aromatic carbocycles. The fraction of sp³-hybridized carbons (Fsp3) is 0.462. The number of rotatable bonds is 3. The maximum absolute atomic E-state index is 13.8. The van der Waals surface area contributed by atoms with Crippen molar-refractivity contribution in [2.45, 2.75) is 19.5 Å². The van der Waals surface area contributed by atoms with Crippen molar-refractivity contribution >= 4 is 5.91 Å². The second kappa shape index (κ2) is 5.46. The molecule has 1 fully saturated rings. The number of nitrogens with one attached hydrogen (secondary N) is 1. The van der Waals surface area contributed by atoms with Gasteiger partial charge in [0, 0.05) is 43.3 Å². The Morgan fingerprint density at radius 3 is 3.00 bits per heavy atom. The molecule has 3 N–H and O–H groups in total. The topological polar surface area (TPSA) is 58.4 Å². The van der Waals surface area contributed by atoms with Crippen molar-refractivity contribution in [2.24, 2.45) is 5.73 Å². The van der Waals surface area contributed by atoms with Crippen LogP contribution in [0, 0.1) is 5.82 Å². The molecule has 1 aliphatic rings. The zero-order valence-corrected chi connectivity index (χ0v) is 10.4. The lowest BCUT2D eigenvalue weighted by atomic mass is 10.1. The molecule has 1 aromatic rings. The molecule has 1 atom stereocenters. The molecule has 0 spiro atoms. The number of hydrogen-bond acceptors (Lipinski definition) is 3. The first-order valence-electron chi connectivity index (χ1n) is 6.11. The van der Waals surface area contributed by atoms with Gasteiger partial charge in [-0.15, -0.1) is 0 Å². The largest absolute Gasteiger partial charge is 0.366 e. The van der Waals surface area contributed by atoms with E-state index >= 15 is 0 Å². The molecule has 1 unspecified atom stereocenters. The van der Waals surface area contributed by atoms with E-state index in [1.54, 1.807) is 12.1 Å². The summed E-state index contributed by atoms with van der Waals surface area (Å²) in [6.45, 7) is 5.42. The minimum atomic E-state index is -0.601. The average Bonchev–Trinajstić information content (AvgIpc) is 2.34. The smallest absolute Gasteiger partial charge is 0.248 e. The molecule has 0 aliphatic carbocycles. The van der Waals surface area contributed by atoms with Crippen molar-refractivity contribution in [1.29, 1.82) is 0 Å². The molecular formula is C13H18FN3O. The number of carbonyl (C=O) groups is 1. The van der Waals surface area contributed by atoms with E-state index in [1.807, 2.05) is 0 Å². The molecule has 0 aromatic heterocycles. The molecule has 0 bridgehead atoms. The molecule has 1 aliphatic heterocycles. The fourth-order valence-electron chi connectivity index (χ4n) is 2.17. The van der Waals surface area contributed by atoms with Crippen LogP contribution in [0.5, 0.6) is 0 Å². The van der Waals surface area contributed by atoms with Crippen LogP contribution in [-0.2, 0) is 6.54 Å². The number of nitrogens with zero attached hydrogens (tertiary/aromatic N) is 1. The summed E-state index contributed by atoms with van der Waals surface area (Å²) in [6, 6.07) is 4.82. The molecule has 0 saturated carbocycles. The standard InChI is InChI=1S/C13H18FN3O/c1-9-7-16-4-5-17(9)8-11-3-2-10(13(15)18)6-12(11)14/h2-3,6,9,16H,4-5,7-8H2,1H3,(H2,15,18). The van der Waals surface area contributed by atoms with Crippen molar-refractivity contribution < 1.29 is 9.18 Å². The van der Waals surface area contributed by atoms with Gasteiger partial charge < -0.3 is 11.1 Å². The molecular weight excluding hydrogens is 233 g/mol. The normalized spacial score (nSPS) is 20.9. The van der Waals surface area contributed by atoms with Gasteiger partial charge in [0.25, 0.3) is 0 Å². The van der Waals surface area contributed by atoms with E-state index in [0.29, 0.717) is 18.2 Å². The number of carbonyl (C=O) groups excluding carboxylic acids is 1. The van der Waals surface area contributed by atoms with Gasteiger partial charge in [0.15, 0.2) is 0 Å². The summed E-state index contributed by atoms with van der Waals surface area (Å²) in [7, 11) is 0. The van der Waals surface area contributed by atoms with Crippen LogP contribution in [0.4, 0.5) is 4.39 Å². The van der Waals surface area contributed by atoms with Crippen LogP contribution >= 0.6 is 0 Å². The second-order valence-corrected chi connectivity index (χ2v) is 4.69. The Labute approximate surface area is 106 Å². The lowest BCUT2D eigenvalue weighted by Crippen LogP contribution is -2.49. The highest BCUT2D eigenvalue weighted by Gasteiger charge is 2.19. The van der Waals surface area contributed by atoms with Gasteiger partial charge in [-0.1, -0.05) is 6.07 Å². The van der Waals surface area contributed by atoms with E-state index < -0.39 is 5.91 Å². The SMILES string of the molecule is CC1CNCCN1Cc1ccc(C(N)=O)cc1F. The van der Waals surface area contributed by atoms with Crippen LogP contribution < -0.4 is 11.1 Å². The Balaban J connectivity index is 2.11. The third-order valence-electron chi connectivity index (χ3n) is 3.35. The minimum Gasteiger partial charge on any atom is -0.366 e. The van der Waals surface area contributed by atoms with Gasteiger partial charge in [-0.3, -0.25) is 9.69 Å². The number of benzene rings is 1. The number of hydrogen-bond donors (Lipinski definition) is 2. The van der Waals surface area contributed by atoms with E-state index in [0.717, 1.165) is 19.6 Å². The van der Waals surface area contributed by atoms with E-state index in [9.17, 15) is 9.18 Å². The molecule has 4 nitrogen and oxygen atoms in total. The average molecular weight is 251 g/mol. The number of amides is 1. The van der Waals surface area contributed by atoms with E-state index in [4.69, 9.17) is 5.73 Å². The fourth-order valence-corrected chi connectivity index (χ4v) is 2.17.